The van der Waals surface area contributed by atoms with Crippen molar-refractivity contribution in [3.8, 4) is 5.75 Å². The van der Waals surface area contributed by atoms with Gasteiger partial charge >= 0.3 is 12.5 Å². The van der Waals surface area contributed by atoms with Gasteiger partial charge in [-0.1, -0.05) is 0 Å². The van der Waals surface area contributed by atoms with Crippen LogP contribution in [0.3, 0.4) is 0 Å². The summed E-state index contributed by atoms with van der Waals surface area (Å²) in [5, 5.41) is 0. The molecule has 0 aliphatic rings. The predicted molar refractivity (Wildman–Crippen MR) is 53.2 cm³/mol. The van der Waals surface area contributed by atoms with E-state index in [0.29, 0.717) is 6.07 Å². The van der Waals surface area contributed by atoms with Crippen LogP contribution in [0.1, 0.15) is 15.9 Å². The molecular formula is C10H5ClF6O2. The zero-order valence-electron chi connectivity index (χ0n) is 8.90. The van der Waals surface area contributed by atoms with E-state index in [-0.39, 0.29) is 6.07 Å². The highest BCUT2D eigenvalue weighted by atomic mass is 35.5. The van der Waals surface area contributed by atoms with Crippen LogP contribution in [-0.4, -0.2) is 18.0 Å². The molecule has 0 saturated carbocycles. The number of hydrogen-bond donors (Lipinski definition) is 0. The average molecular weight is 307 g/mol. The summed E-state index contributed by atoms with van der Waals surface area (Å²) >= 11 is 5.16. The largest absolute Gasteiger partial charge is 0.573 e. The minimum absolute atomic E-state index is 0.270. The zero-order chi connectivity index (χ0) is 14.8. The first kappa shape index (κ1) is 15.6. The molecule has 0 atom stereocenters. The standard InChI is InChI=1S/C10H5ClF6O2/c11-4-7(18)5-1-2-8(19-10(15,16)17)6(3-5)9(12,13)14/h1-3H,4H2. The predicted octanol–water partition coefficient (Wildman–Crippen LogP) is 4.03. The molecular weight excluding hydrogens is 302 g/mol. The lowest BCUT2D eigenvalue weighted by Crippen LogP contribution is -2.20. The average Bonchev–Trinajstić information content (AvgIpc) is 2.25. The molecule has 0 aliphatic heterocycles. The highest BCUT2D eigenvalue weighted by molar-refractivity contribution is 6.30. The van der Waals surface area contributed by atoms with E-state index in [2.05, 4.69) is 4.74 Å². The molecule has 9 heteroatoms. The Labute approximate surface area is 107 Å². The van der Waals surface area contributed by atoms with Crippen LogP contribution in [0.25, 0.3) is 0 Å². The normalized spacial score (nSPS) is 12.4. The first-order valence-corrected chi connectivity index (χ1v) is 5.14. The molecule has 0 fully saturated rings. The highest BCUT2D eigenvalue weighted by Gasteiger charge is 2.39. The summed E-state index contributed by atoms with van der Waals surface area (Å²) in [7, 11) is 0. The molecule has 0 aromatic heterocycles. The van der Waals surface area contributed by atoms with Crippen molar-refractivity contribution in [3.05, 3.63) is 29.3 Å². The molecule has 1 aromatic rings. The number of alkyl halides is 7. The van der Waals surface area contributed by atoms with Crippen molar-refractivity contribution in [2.24, 2.45) is 0 Å². The van der Waals surface area contributed by atoms with Crippen molar-refractivity contribution < 1.29 is 35.9 Å². The van der Waals surface area contributed by atoms with Gasteiger partial charge in [-0.05, 0) is 18.2 Å². The smallest absolute Gasteiger partial charge is 0.405 e. The molecule has 0 N–H and O–H groups in total. The quantitative estimate of drug-likeness (QED) is 0.479. The number of carbonyl (C=O) groups is 1. The zero-order valence-corrected chi connectivity index (χ0v) is 9.66. The molecule has 0 heterocycles. The van der Waals surface area contributed by atoms with Crippen molar-refractivity contribution in [1.82, 2.24) is 0 Å². The number of hydrogen-bond acceptors (Lipinski definition) is 2. The lowest BCUT2D eigenvalue weighted by molar-refractivity contribution is -0.276. The molecule has 0 saturated heterocycles. The molecule has 0 unspecified atom stereocenters. The molecule has 0 aliphatic carbocycles. The van der Waals surface area contributed by atoms with E-state index in [9.17, 15) is 31.1 Å². The summed E-state index contributed by atoms with van der Waals surface area (Å²) in [4.78, 5) is 11.1. The second-order valence-electron chi connectivity index (χ2n) is 3.31. The molecule has 1 aromatic carbocycles. The van der Waals surface area contributed by atoms with Gasteiger partial charge in [-0.15, -0.1) is 24.8 Å². The highest BCUT2D eigenvalue weighted by Crippen LogP contribution is 2.39. The summed E-state index contributed by atoms with van der Waals surface area (Å²) in [5.41, 5.74) is -2.14. The van der Waals surface area contributed by atoms with Crippen LogP contribution in [0.15, 0.2) is 18.2 Å². The molecule has 0 radical (unpaired) electrons. The molecule has 1 rings (SSSR count). The lowest BCUT2D eigenvalue weighted by Gasteiger charge is -2.15. The fraction of sp³-hybridized carbons (Fsp3) is 0.300. The molecule has 0 amide bonds. The summed E-state index contributed by atoms with van der Waals surface area (Å²) < 4.78 is 76.9. The number of benzene rings is 1. The first-order chi connectivity index (χ1) is 8.54. The van der Waals surface area contributed by atoms with E-state index in [4.69, 9.17) is 11.6 Å². The van der Waals surface area contributed by atoms with E-state index in [1.54, 1.807) is 0 Å². The fourth-order valence-electron chi connectivity index (χ4n) is 1.22. The van der Waals surface area contributed by atoms with Gasteiger partial charge < -0.3 is 4.74 Å². The van der Waals surface area contributed by atoms with Crippen molar-refractivity contribution in [2.75, 3.05) is 5.88 Å². The molecule has 0 bridgehead atoms. The van der Waals surface area contributed by atoms with Gasteiger partial charge in [0.25, 0.3) is 0 Å². The Balaban J connectivity index is 3.29. The minimum atomic E-state index is -5.27. The van der Waals surface area contributed by atoms with Crippen LogP contribution in [-0.2, 0) is 6.18 Å². The van der Waals surface area contributed by atoms with Crippen LogP contribution < -0.4 is 4.74 Å². The monoisotopic (exact) mass is 306 g/mol. The Morgan fingerprint density at radius 3 is 2.16 bits per heavy atom. The van der Waals surface area contributed by atoms with Crippen LogP contribution in [0.2, 0.25) is 0 Å². The van der Waals surface area contributed by atoms with E-state index in [1.165, 1.54) is 0 Å². The van der Waals surface area contributed by atoms with Crippen molar-refractivity contribution >= 4 is 17.4 Å². The van der Waals surface area contributed by atoms with Crippen LogP contribution in [0.4, 0.5) is 26.3 Å². The van der Waals surface area contributed by atoms with Crippen molar-refractivity contribution in [3.63, 3.8) is 0 Å². The summed E-state index contributed by atoms with van der Waals surface area (Å²) in [6.07, 6.45) is -10.4. The third kappa shape index (κ3) is 4.30. The Kier molecular flexibility index (Phi) is 4.34. The van der Waals surface area contributed by atoms with Gasteiger partial charge in [-0.2, -0.15) is 13.2 Å². The SMILES string of the molecule is O=C(CCl)c1ccc(OC(F)(F)F)c(C(F)(F)F)c1. The maximum atomic E-state index is 12.6. The Morgan fingerprint density at radius 1 is 1.16 bits per heavy atom. The number of rotatable bonds is 3. The fourth-order valence-corrected chi connectivity index (χ4v) is 1.37. The third-order valence-corrected chi connectivity index (χ3v) is 2.20. The number of ketones is 1. The Bertz CT molecular complexity index is 480. The van der Waals surface area contributed by atoms with Crippen LogP contribution in [0, 0.1) is 0 Å². The van der Waals surface area contributed by atoms with Crippen molar-refractivity contribution in [1.29, 1.82) is 0 Å². The second-order valence-corrected chi connectivity index (χ2v) is 3.58. The van der Waals surface area contributed by atoms with Crippen molar-refractivity contribution in [2.45, 2.75) is 12.5 Å². The van der Waals surface area contributed by atoms with Gasteiger partial charge in [0.1, 0.15) is 5.75 Å². The maximum Gasteiger partial charge on any atom is 0.573 e. The first-order valence-electron chi connectivity index (χ1n) is 4.61. The Morgan fingerprint density at radius 2 is 1.74 bits per heavy atom. The Hall–Kier alpha value is -1.44. The number of halogens is 7. The summed E-state index contributed by atoms with van der Waals surface area (Å²) in [6, 6.07) is 1.48. The lowest BCUT2D eigenvalue weighted by atomic mass is 10.1. The van der Waals surface area contributed by atoms with E-state index >= 15 is 0 Å². The summed E-state index contributed by atoms with van der Waals surface area (Å²) in [6.45, 7) is 0. The summed E-state index contributed by atoms with van der Waals surface area (Å²) in [5.74, 6) is -2.85. The van der Waals surface area contributed by atoms with Gasteiger partial charge in [0.05, 0.1) is 11.4 Å². The number of Topliss-reactive ketones (excluding diaryl/α,β-unsaturated/α-hetero) is 1. The van der Waals surface area contributed by atoms with E-state index in [1.807, 2.05) is 0 Å². The van der Waals surface area contributed by atoms with Gasteiger partial charge in [-0.3, -0.25) is 4.79 Å². The molecule has 106 valence electrons. The van der Waals surface area contributed by atoms with Gasteiger partial charge in [-0.25, -0.2) is 0 Å². The van der Waals surface area contributed by atoms with Crippen LogP contribution >= 0.6 is 11.6 Å². The molecule has 0 spiro atoms. The second kappa shape index (κ2) is 5.28. The van der Waals surface area contributed by atoms with Gasteiger partial charge in [0, 0.05) is 5.56 Å². The van der Waals surface area contributed by atoms with Gasteiger partial charge in [0.2, 0.25) is 0 Å². The minimum Gasteiger partial charge on any atom is -0.405 e. The number of carbonyl (C=O) groups excluding carboxylic acids is 1. The molecule has 2 nitrogen and oxygen atoms in total. The van der Waals surface area contributed by atoms with E-state index in [0.717, 1.165) is 6.07 Å². The number of ether oxygens (including phenoxy) is 1. The van der Waals surface area contributed by atoms with E-state index < -0.39 is 41.1 Å². The topological polar surface area (TPSA) is 26.3 Å². The van der Waals surface area contributed by atoms with Crippen LogP contribution in [0.5, 0.6) is 5.75 Å². The third-order valence-electron chi connectivity index (χ3n) is 1.95. The maximum absolute atomic E-state index is 12.6. The van der Waals surface area contributed by atoms with Gasteiger partial charge in [0.15, 0.2) is 5.78 Å². The molecule has 19 heavy (non-hydrogen) atoms.